The standard InChI is InChI=1S/C49H91NO3/c1-9-10-11-12-16-19-33-51-38-43(37-50(7)8)53-35-21-18-15-13-14-17-20-34-52-42-29-31-48(5)41(36-42)25-26-44-46-28-27-45(40(4)24-22-23-39(2)3)49(46,6)32-30-47(44)48/h25,39-40,42-47H,9-24,26-38H2,1-8H3/t40-,42+,43-,44+,45-,46+,47+,48+,49-/m1/s1. The van der Waals surface area contributed by atoms with Crippen LogP contribution in [0.25, 0.3) is 0 Å². The quantitative estimate of drug-likeness (QED) is 0.0590. The Labute approximate surface area is 331 Å². The van der Waals surface area contributed by atoms with Gasteiger partial charge in [-0.2, -0.15) is 0 Å². The fourth-order valence-electron chi connectivity index (χ4n) is 12.1. The molecule has 0 N–H and O–H groups in total. The lowest BCUT2D eigenvalue weighted by Crippen LogP contribution is -2.51. The third-order valence-electron chi connectivity index (χ3n) is 15.3. The van der Waals surface area contributed by atoms with Crippen LogP contribution in [0, 0.1) is 46.3 Å². The summed E-state index contributed by atoms with van der Waals surface area (Å²) in [5, 5.41) is 0. The van der Waals surface area contributed by atoms with E-state index in [9.17, 15) is 0 Å². The largest absolute Gasteiger partial charge is 0.379 e. The van der Waals surface area contributed by atoms with Gasteiger partial charge in [0.15, 0.2) is 0 Å². The Hall–Kier alpha value is -0.420. The number of hydrogen-bond donors (Lipinski definition) is 0. The van der Waals surface area contributed by atoms with E-state index >= 15 is 0 Å². The van der Waals surface area contributed by atoms with Crippen molar-refractivity contribution in [2.24, 2.45) is 46.3 Å². The van der Waals surface area contributed by atoms with E-state index in [2.05, 4.69) is 66.6 Å². The van der Waals surface area contributed by atoms with Crippen LogP contribution >= 0.6 is 0 Å². The van der Waals surface area contributed by atoms with Crippen molar-refractivity contribution in [3.8, 4) is 0 Å². The number of rotatable bonds is 28. The molecule has 0 unspecified atom stereocenters. The summed E-state index contributed by atoms with van der Waals surface area (Å²) in [4.78, 5) is 2.22. The van der Waals surface area contributed by atoms with E-state index in [-0.39, 0.29) is 6.10 Å². The van der Waals surface area contributed by atoms with Crippen LogP contribution in [0.4, 0.5) is 0 Å². The molecule has 3 saturated carbocycles. The minimum absolute atomic E-state index is 0.191. The fourth-order valence-corrected chi connectivity index (χ4v) is 12.1. The second-order valence-corrected chi connectivity index (χ2v) is 20.1. The van der Waals surface area contributed by atoms with E-state index in [0.717, 1.165) is 68.5 Å². The summed E-state index contributed by atoms with van der Waals surface area (Å²) in [5.74, 6) is 5.51. The van der Waals surface area contributed by atoms with Crippen molar-refractivity contribution in [3.05, 3.63) is 11.6 Å². The van der Waals surface area contributed by atoms with Gasteiger partial charge in [0.2, 0.25) is 0 Å². The van der Waals surface area contributed by atoms with Crippen LogP contribution < -0.4 is 0 Å². The number of likely N-dealkylation sites (N-methyl/N-ethyl adjacent to an activating group) is 1. The molecule has 0 saturated heterocycles. The zero-order valence-corrected chi connectivity index (χ0v) is 36.9. The average molecular weight is 742 g/mol. The third-order valence-corrected chi connectivity index (χ3v) is 15.3. The molecule has 0 radical (unpaired) electrons. The number of unbranched alkanes of at least 4 members (excludes halogenated alkanes) is 11. The molecule has 9 atom stereocenters. The first kappa shape index (κ1) is 45.3. The normalized spacial score (nSPS) is 31.0. The first-order chi connectivity index (χ1) is 25.6. The van der Waals surface area contributed by atoms with Crippen molar-refractivity contribution in [2.75, 3.05) is 47.1 Å². The summed E-state index contributed by atoms with van der Waals surface area (Å²) in [6.45, 7) is 19.5. The van der Waals surface area contributed by atoms with Crippen LogP contribution in [-0.4, -0.2) is 64.2 Å². The first-order valence-corrected chi connectivity index (χ1v) is 23.7. The fraction of sp³-hybridized carbons (Fsp3) is 0.959. The molecule has 4 rings (SSSR count). The van der Waals surface area contributed by atoms with Crippen LogP contribution in [0.15, 0.2) is 11.6 Å². The predicted octanol–water partition coefficient (Wildman–Crippen LogP) is 13.5. The van der Waals surface area contributed by atoms with Gasteiger partial charge in [-0.05, 0) is 131 Å². The lowest BCUT2D eigenvalue weighted by Gasteiger charge is -2.58. The highest BCUT2D eigenvalue weighted by Gasteiger charge is 2.59. The van der Waals surface area contributed by atoms with Crippen molar-refractivity contribution in [1.29, 1.82) is 0 Å². The van der Waals surface area contributed by atoms with Crippen molar-refractivity contribution in [2.45, 2.75) is 208 Å². The highest BCUT2D eigenvalue weighted by molar-refractivity contribution is 5.25. The maximum Gasteiger partial charge on any atom is 0.0934 e. The molecule has 53 heavy (non-hydrogen) atoms. The van der Waals surface area contributed by atoms with E-state index in [1.165, 1.54) is 154 Å². The number of nitrogens with zero attached hydrogens (tertiary/aromatic N) is 1. The maximum absolute atomic E-state index is 6.59. The second-order valence-electron chi connectivity index (χ2n) is 20.1. The minimum Gasteiger partial charge on any atom is -0.379 e. The van der Waals surface area contributed by atoms with E-state index in [4.69, 9.17) is 14.2 Å². The Bertz CT molecular complexity index is 1010. The Kier molecular flexibility index (Phi) is 20.3. The summed E-state index contributed by atoms with van der Waals surface area (Å²) in [5.41, 5.74) is 2.81. The van der Waals surface area contributed by atoms with Crippen LogP contribution in [0.2, 0.25) is 0 Å². The molecule has 310 valence electrons. The summed E-state index contributed by atoms with van der Waals surface area (Å²) < 4.78 is 18.8. The van der Waals surface area contributed by atoms with Crippen LogP contribution in [0.3, 0.4) is 0 Å². The summed E-state index contributed by atoms with van der Waals surface area (Å²) in [6, 6.07) is 0. The van der Waals surface area contributed by atoms with Gasteiger partial charge in [0, 0.05) is 26.4 Å². The molecule has 3 fully saturated rings. The molecule has 4 heteroatoms. The van der Waals surface area contributed by atoms with Crippen molar-refractivity contribution in [3.63, 3.8) is 0 Å². The monoisotopic (exact) mass is 742 g/mol. The Balaban J connectivity index is 1.05. The lowest BCUT2D eigenvalue weighted by atomic mass is 9.47. The summed E-state index contributed by atoms with van der Waals surface area (Å²) in [7, 11) is 4.26. The Morgan fingerprint density at radius 1 is 0.736 bits per heavy atom. The number of hydrogen-bond acceptors (Lipinski definition) is 4. The van der Waals surface area contributed by atoms with E-state index in [0.29, 0.717) is 16.9 Å². The van der Waals surface area contributed by atoms with E-state index in [1.807, 2.05) is 0 Å². The molecule has 4 nitrogen and oxygen atoms in total. The molecule has 0 aromatic heterocycles. The van der Waals surface area contributed by atoms with Gasteiger partial charge >= 0.3 is 0 Å². The van der Waals surface area contributed by atoms with Gasteiger partial charge in [-0.25, -0.2) is 0 Å². The Morgan fingerprint density at radius 3 is 2.11 bits per heavy atom. The minimum atomic E-state index is 0.191. The van der Waals surface area contributed by atoms with Crippen molar-refractivity contribution < 1.29 is 14.2 Å². The highest BCUT2D eigenvalue weighted by atomic mass is 16.5. The molecular weight excluding hydrogens is 651 g/mol. The van der Waals surface area contributed by atoms with Crippen LogP contribution in [-0.2, 0) is 14.2 Å². The molecule has 4 aliphatic rings. The van der Waals surface area contributed by atoms with E-state index in [1.54, 1.807) is 5.57 Å². The van der Waals surface area contributed by atoms with Gasteiger partial charge < -0.3 is 19.1 Å². The van der Waals surface area contributed by atoms with E-state index < -0.39 is 0 Å². The van der Waals surface area contributed by atoms with Gasteiger partial charge in [-0.3, -0.25) is 0 Å². The van der Waals surface area contributed by atoms with Crippen molar-refractivity contribution in [1.82, 2.24) is 4.90 Å². The first-order valence-electron chi connectivity index (χ1n) is 23.7. The zero-order valence-electron chi connectivity index (χ0n) is 36.9. The van der Waals surface area contributed by atoms with Crippen molar-refractivity contribution >= 4 is 0 Å². The maximum atomic E-state index is 6.59. The third kappa shape index (κ3) is 13.9. The lowest BCUT2D eigenvalue weighted by molar-refractivity contribution is -0.0641. The van der Waals surface area contributed by atoms with Crippen LogP contribution in [0.1, 0.15) is 196 Å². The molecule has 0 aromatic carbocycles. The molecule has 4 aliphatic carbocycles. The zero-order chi connectivity index (χ0) is 38.1. The number of ether oxygens (including phenoxy) is 3. The summed E-state index contributed by atoms with van der Waals surface area (Å²) in [6.07, 6.45) is 35.7. The average Bonchev–Trinajstić information content (AvgIpc) is 3.48. The smallest absolute Gasteiger partial charge is 0.0934 e. The van der Waals surface area contributed by atoms with Gasteiger partial charge in [-0.1, -0.05) is 137 Å². The molecule has 0 aromatic rings. The topological polar surface area (TPSA) is 30.9 Å². The van der Waals surface area contributed by atoms with Gasteiger partial charge in [0.1, 0.15) is 0 Å². The van der Waals surface area contributed by atoms with Crippen LogP contribution in [0.5, 0.6) is 0 Å². The molecule has 0 spiro atoms. The number of fused-ring (bicyclic) bond motifs is 5. The number of allylic oxidation sites excluding steroid dienone is 1. The SMILES string of the molecule is CCCCCCCCOC[C@@H](CN(C)C)OCCCCCCCCCO[C@H]1CC[C@@]2(C)C(=CC[C@H]3[C@@H]4CC[C@H]([C@H](C)CCCC(C)C)[C@@]4(C)CC[C@@H]32)C1. The molecule has 0 bridgehead atoms. The van der Waals surface area contributed by atoms with Gasteiger partial charge in [-0.15, -0.1) is 0 Å². The predicted molar refractivity (Wildman–Crippen MR) is 228 cm³/mol. The molecule has 0 amide bonds. The molecule has 0 heterocycles. The molecular formula is C49H91NO3. The van der Waals surface area contributed by atoms with Gasteiger partial charge in [0.25, 0.3) is 0 Å². The molecule has 0 aliphatic heterocycles. The Morgan fingerprint density at radius 2 is 1.42 bits per heavy atom. The summed E-state index contributed by atoms with van der Waals surface area (Å²) >= 11 is 0. The second kappa shape index (κ2) is 23.7. The van der Waals surface area contributed by atoms with Gasteiger partial charge in [0.05, 0.1) is 18.8 Å². The highest BCUT2D eigenvalue weighted by Crippen LogP contribution is 2.67.